The SMILES string of the molecule is CCOC(=O)C(C)Oc1ccc(Br)c(C=O)c1. The molecule has 0 N–H and O–H groups in total. The van der Waals surface area contributed by atoms with Gasteiger partial charge in [0.25, 0.3) is 0 Å². The summed E-state index contributed by atoms with van der Waals surface area (Å²) in [5.41, 5.74) is 0.471. The standard InChI is InChI=1S/C12H13BrO4/c1-3-16-12(15)8(2)17-10-4-5-11(13)9(6-10)7-14/h4-8H,3H2,1-2H3. The van der Waals surface area contributed by atoms with Crippen molar-refractivity contribution in [3.8, 4) is 5.75 Å². The third-order valence-electron chi connectivity index (χ3n) is 2.03. The number of ether oxygens (including phenoxy) is 2. The molecule has 0 amide bonds. The van der Waals surface area contributed by atoms with Gasteiger partial charge < -0.3 is 9.47 Å². The zero-order valence-electron chi connectivity index (χ0n) is 9.60. The summed E-state index contributed by atoms with van der Waals surface area (Å²) >= 11 is 3.23. The average molecular weight is 301 g/mol. The Kier molecular flexibility index (Phi) is 5.15. The number of carbonyl (C=O) groups is 2. The second kappa shape index (κ2) is 6.39. The molecule has 5 heteroatoms. The monoisotopic (exact) mass is 300 g/mol. The molecule has 0 bridgehead atoms. The van der Waals surface area contributed by atoms with Gasteiger partial charge in [0.05, 0.1) is 6.61 Å². The van der Waals surface area contributed by atoms with Crippen LogP contribution in [0.3, 0.4) is 0 Å². The first-order chi connectivity index (χ1) is 8.08. The van der Waals surface area contributed by atoms with E-state index < -0.39 is 12.1 Å². The lowest BCUT2D eigenvalue weighted by Crippen LogP contribution is -2.26. The van der Waals surface area contributed by atoms with Crippen LogP contribution < -0.4 is 4.74 Å². The van der Waals surface area contributed by atoms with Gasteiger partial charge in [-0.15, -0.1) is 0 Å². The molecule has 1 aromatic rings. The van der Waals surface area contributed by atoms with Crippen LogP contribution in [-0.4, -0.2) is 25.0 Å². The van der Waals surface area contributed by atoms with Crippen molar-refractivity contribution >= 4 is 28.2 Å². The first-order valence-corrected chi connectivity index (χ1v) is 5.95. The van der Waals surface area contributed by atoms with E-state index in [9.17, 15) is 9.59 Å². The van der Waals surface area contributed by atoms with E-state index >= 15 is 0 Å². The topological polar surface area (TPSA) is 52.6 Å². The maximum Gasteiger partial charge on any atom is 0.347 e. The molecule has 4 nitrogen and oxygen atoms in total. The summed E-state index contributed by atoms with van der Waals surface area (Å²) < 4.78 is 10.9. The third-order valence-corrected chi connectivity index (χ3v) is 2.75. The largest absolute Gasteiger partial charge is 0.479 e. The van der Waals surface area contributed by atoms with Gasteiger partial charge in [-0.25, -0.2) is 4.79 Å². The minimum atomic E-state index is -0.698. The van der Waals surface area contributed by atoms with Crippen LogP contribution in [0.1, 0.15) is 24.2 Å². The van der Waals surface area contributed by atoms with Crippen molar-refractivity contribution in [2.24, 2.45) is 0 Å². The van der Waals surface area contributed by atoms with Crippen molar-refractivity contribution in [2.45, 2.75) is 20.0 Å². The number of halogens is 1. The van der Waals surface area contributed by atoms with Crippen LogP contribution in [0.15, 0.2) is 22.7 Å². The number of aldehydes is 1. The molecule has 1 rings (SSSR count). The number of carbonyl (C=O) groups excluding carboxylic acids is 2. The van der Waals surface area contributed by atoms with Crippen LogP contribution in [0.4, 0.5) is 0 Å². The molecule has 1 unspecified atom stereocenters. The van der Waals surface area contributed by atoms with E-state index in [4.69, 9.17) is 9.47 Å². The fourth-order valence-electron chi connectivity index (χ4n) is 1.20. The Morgan fingerprint density at radius 2 is 2.24 bits per heavy atom. The highest BCUT2D eigenvalue weighted by molar-refractivity contribution is 9.10. The molecule has 1 aromatic carbocycles. The fourth-order valence-corrected chi connectivity index (χ4v) is 1.54. The molecule has 0 spiro atoms. The lowest BCUT2D eigenvalue weighted by atomic mass is 10.2. The maximum atomic E-state index is 11.3. The summed E-state index contributed by atoms with van der Waals surface area (Å²) in [6.45, 7) is 3.64. The van der Waals surface area contributed by atoms with E-state index in [-0.39, 0.29) is 0 Å². The first-order valence-electron chi connectivity index (χ1n) is 5.16. The third kappa shape index (κ3) is 3.85. The second-order valence-electron chi connectivity index (χ2n) is 3.31. The van der Waals surface area contributed by atoms with E-state index in [1.165, 1.54) is 0 Å². The van der Waals surface area contributed by atoms with Gasteiger partial charge in [0.15, 0.2) is 12.4 Å². The molecule has 0 aliphatic heterocycles. The molecule has 0 aliphatic carbocycles. The first kappa shape index (κ1) is 13.7. The molecular formula is C12H13BrO4. The quantitative estimate of drug-likeness (QED) is 0.619. The van der Waals surface area contributed by atoms with Gasteiger partial charge >= 0.3 is 5.97 Å². The predicted octanol–water partition coefficient (Wildman–Crippen LogP) is 2.59. The summed E-state index contributed by atoms with van der Waals surface area (Å²) in [7, 11) is 0. The van der Waals surface area contributed by atoms with Gasteiger partial charge in [0, 0.05) is 10.0 Å². The minimum Gasteiger partial charge on any atom is -0.479 e. The van der Waals surface area contributed by atoms with Crippen LogP contribution >= 0.6 is 15.9 Å². The Bertz CT molecular complexity index is 417. The van der Waals surface area contributed by atoms with Crippen molar-refractivity contribution in [3.05, 3.63) is 28.2 Å². The highest BCUT2D eigenvalue weighted by Gasteiger charge is 2.16. The van der Waals surface area contributed by atoms with Crippen LogP contribution in [-0.2, 0) is 9.53 Å². The molecule has 0 heterocycles. The highest BCUT2D eigenvalue weighted by atomic mass is 79.9. The van der Waals surface area contributed by atoms with E-state index in [1.54, 1.807) is 32.0 Å². The van der Waals surface area contributed by atoms with Gasteiger partial charge in [-0.3, -0.25) is 4.79 Å². The number of rotatable bonds is 5. The normalized spacial score (nSPS) is 11.7. The number of esters is 1. The molecular weight excluding hydrogens is 288 g/mol. The van der Waals surface area contributed by atoms with Crippen molar-refractivity contribution < 1.29 is 19.1 Å². The summed E-state index contributed by atoms with van der Waals surface area (Å²) in [4.78, 5) is 22.1. The Morgan fingerprint density at radius 3 is 2.82 bits per heavy atom. The lowest BCUT2D eigenvalue weighted by molar-refractivity contribution is -0.150. The molecule has 0 aromatic heterocycles. The fraction of sp³-hybridized carbons (Fsp3) is 0.333. The van der Waals surface area contributed by atoms with E-state index in [1.807, 2.05) is 0 Å². The lowest BCUT2D eigenvalue weighted by Gasteiger charge is -2.13. The Balaban J connectivity index is 2.74. The van der Waals surface area contributed by atoms with E-state index in [0.717, 1.165) is 0 Å². The second-order valence-corrected chi connectivity index (χ2v) is 4.17. The Hall–Kier alpha value is -1.36. The Labute approximate surface area is 108 Å². The van der Waals surface area contributed by atoms with Crippen LogP contribution in [0, 0.1) is 0 Å². The summed E-state index contributed by atoms with van der Waals surface area (Å²) in [6.07, 6.45) is 0.0158. The van der Waals surface area contributed by atoms with Crippen molar-refractivity contribution in [2.75, 3.05) is 6.61 Å². The van der Waals surface area contributed by atoms with Gasteiger partial charge in [0.2, 0.25) is 0 Å². The smallest absolute Gasteiger partial charge is 0.347 e. The number of benzene rings is 1. The molecule has 1 atom stereocenters. The van der Waals surface area contributed by atoms with E-state index in [2.05, 4.69) is 15.9 Å². The van der Waals surface area contributed by atoms with Gasteiger partial charge in [-0.2, -0.15) is 0 Å². The minimum absolute atomic E-state index is 0.312. The Morgan fingerprint density at radius 1 is 1.53 bits per heavy atom. The average Bonchev–Trinajstić information content (AvgIpc) is 2.31. The molecule has 0 radical (unpaired) electrons. The van der Waals surface area contributed by atoms with Crippen molar-refractivity contribution in [1.82, 2.24) is 0 Å². The number of hydrogen-bond acceptors (Lipinski definition) is 4. The summed E-state index contributed by atoms with van der Waals surface area (Å²) in [5.74, 6) is 0.0268. The molecule has 0 aliphatic rings. The number of hydrogen-bond donors (Lipinski definition) is 0. The highest BCUT2D eigenvalue weighted by Crippen LogP contribution is 2.22. The van der Waals surface area contributed by atoms with Crippen LogP contribution in [0.2, 0.25) is 0 Å². The molecule has 0 saturated carbocycles. The van der Waals surface area contributed by atoms with Gasteiger partial charge in [-0.1, -0.05) is 15.9 Å². The zero-order chi connectivity index (χ0) is 12.8. The van der Waals surface area contributed by atoms with E-state index in [0.29, 0.717) is 28.7 Å². The van der Waals surface area contributed by atoms with Crippen molar-refractivity contribution in [1.29, 1.82) is 0 Å². The molecule has 92 valence electrons. The summed E-state index contributed by atoms with van der Waals surface area (Å²) in [6, 6.07) is 4.93. The van der Waals surface area contributed by atoms with Crippen molar-refractivity contribution in [3.63, 3.8) is 0 Å². The molecule has 0 fully saturated rings. The van der Waals surface area contributed by atoms with Gasteiger partial charge in [0.1, 0.15) is 5.75 Å². The van der Waals surface area contributed by atoms with Gasteiger partial charge in [-0.05, 0) is 32.0 Å². The predicted molar refractivity (Wildman–Crippen MR) is 66.3 cm³/mol. The molecule has 0 saturated heterocycles. The molecule has 17 heavy (non-hydrogen) atoms. The maximum absolute atomic E-state index is 11.3. The van der Waals surface area contributed by atoms with Crippen LogP contribution in [0.25, 0.3) is 0 Å². The summed E-state index contributed by atoms with van der Waals surface area (Å²) in [5, 5.41) is 0. The zero-order valence-corrected chi connectivity index (χ0v) is 11.2. The van der Waals surface area contributed by atoms with Crippen LogP contribution in [0.5, 0.6) is 5.75 Å².